The van der Waals surface area contributed by atoms with Gasteiger partial charge in [0, 0.05) is 25.0 Å². The van der Waals surface area contributed by atoms with E-state index >= 15 is 0 Å². The number of benzene rings is 1. The van der Waals surface area contributed by atoms with Gasteiger partial charge in [0.15, 0.2) is 6.10 Å². The van der Waals surface area contributed by atoms with Crippen molar-refractivity contribution in [1.29, 1.82) is 0 Å². The van der Waals surface area contributed by atoms with Crippen LogP contribution in [-0.2, 0) is 20.9 Å². The van der Waals surface area contributed by atoms with Crippen LogP contribution in [-0.4, -0.2) is 40.5 Å². The second-order valence-corrected chi connectivity index (χ2v) is 7.14. The van der Waals surface area contributed by atoms with E-state index in [1.54, 1.807) is 12.4 Å². The minimum Gasteiger partial charge on any atom is -0.356 e. The molecule has 1 aliphatic heterocycles. The summed E-state index contributed by atoms with van der Waals surface area (Å²) in [6.07, 6.45) is 4.60. The number of hydrogen-bond donors (Lipinski definition) is 1. The van der Waals surface area contributed by atoms with Gasteiger partial charge in [-0.05, 0) is 42.5 Å². The fourth-order valence-electron chi connectivity index (χ4n) is 3.61. The van der Waals surface area contributed by atoms with Crippen molar-refractivity contribution in [3.05, 3.63) is 65.5 Å². The van der Waals surface area contributed by atoms with Crippen LogP contribution >= 0.6 is 0 Å². The molecule has 1 saturated heterocycles. The molecule has 1 aromatic heterocycles. The predicted molar refractivity (Wildman–Crippen MR) is 99.6 cm³/mol. The molecule has 2 amide bonds. The van der Waals surface area contributed by atoms with Gasteiger partial charge in [0.2, 0.25) is 5.91 Å². The summed E-state index contributed by atoms with van der Waals surface area (Å²) < 4.78 is 5.71. The molecule has 27 heavy (non-hydrogen) atoms. The number of nitrogens with one attached hydrogen (secondary N) is 1. The van der Waals surface area contributed by atoms with E-state index in [-0.39, 0.29) is 24.5 Å². The molecule has 0 radical (unpaired) electrons. The lowest BCUT2D eigenvalue weighted by Crippen LogP contribution is -2.55. The zero-order valence-electron chi connectivity index (χ0n) is 15.3. The highest BCUT2D eigenvalue weighted by atomic mass is 16.5. The normalized spacial score (nSPS) is 22.6. The highest BCUT2D eigenvalue weighted by molar-refractivity contribution is 5.86. The molecule has 0 bridgehead atoms. The molecule has 1 aromatic carbocycles. The van der Waals surface area contributed by atoms with Crippen molar-refractivity contribution in [1.82, 2.24) is 15.2 Å². The topological polar surface area (TPSA) is 71.5 Å². The Hall–Kier alpha value is -2.73. The molecule has 4 rings (SSSR count). The average molecular weight is 365 g/mol. The van der Waals surface area contributed by atoms with Gasteiger partial charge in [0.1, 0.15) is 6.61 Å². The molecule has 2 atom stereocenters. The molecule has 6 heteroatoms. The van der Waals surface area contributed by atoms with Crippen molar-refractivity contribution in [2.75, 3.05) is 6.61 Å². The number of hydrogen-bond acceptors (Lipinski definition) is 4. The summed E-state index contributed by atoms with van der Waals surface area (Å²) in [5, 5.41) is 2.98. The van der Waals surface area contributed by atoms with Crippen LogP contribution in [0.1, 0.15) is 35.6 Å². The summed E-state index contributed by atoms with van der Waals surface area (Å²) in [5.41, 5.74) is 3.02. The standard InChI is InChI=1S/C21H23N3O3/c1-14-5-2-3-6-15(14)12-23-21(26)20-19(16-7-4-10-22-11-16)24(17-8-9-17)18(25)13-27-20/h2-7,10-11,17,19-20H,8-9,12-13H2,1H3,(H,23,26). The van der Waals surface area contributed by atoms with Crippen LogP contribution in [0.15, 0.2) is 48.8 Å². The van der Waals surface area contributed by atoms with Crippen LogP contribution in [0.25, 0.3) is 0 Å². The Morgan fingerprint density at radius 2 is 2.07 bits per heavy atom. The Morgan fingerprint density at radius 3 is 2.78 bits per heavy atom. The molecule has 2 unspecified atom stereocenters. The minimum absolute atomic E-state index is 0.0598. The molecule has 1 aliphatic carbocycles. The third-order valence-electron chi connectivity index (χ3n) is 5.20. The zero-order chi connectivity index (χ0) is 18.8. The van der Waals surface area contributed by atoms with E-state index in [9.17, 15) is 9.59 Å². The second-order valence-electron chi connectivity index (χ2n) is 7.14. The first-order chi connectivity index (χ1) is 13.1. The Balaban J connectivity index is 1.56. The summed E-state index contributed by atoms with van der Waals surface area (Å²) in [4.78, 5) is 31.5. The Labute approximate surface area is 158 Å². The van der Waals surface area contributed by atoms with E-state index in [1.165, 1.54) is 0 Å². The summed E-state index contributed by atoms with van der Waals surface area (Å²) >= 11 is 0. The number of morpholine rings is 1. The van der Waals surface area contributed by atoms with Gasteiger partial charge in [-0.1, -0.05) is 30.3 Å². The minimum atomic E-state index is -0.739. The first-order valence-electron chi connectivity index (χ1n) is 9.30. The zero-order valence-corrected chi connectivity index (χ0v) is 15.3. The van der Waals surface area contributed by atoms with Gasteiger partial charge in [0.05, 0.1) is 6.04 Å². The Morgan fingerprint density at radius 1 is 1.26 bits per heavy atom. The van der Waals surface area contributed by atoms with Crippen molar-refractivity contribution in [3.63, 3.8) is 0 Å². The highest BCUT2D eigenvalue weighted by Crippen LogP contribution is 2.39. The smallest absolute Gasteiger partial charge is 0.251 e. The SMILES string of the molecule is Cc1ccccc1CNC(=O)C1OCC(=O)N(C2CC2)C1c1cccnc1. The monoisotopic (exact) mass is 365 g/mol. The maximum absolute atomic E-state index is 13.0. The van der Waals surface area contributed by atoms with E-state index in [4.69, 9.17) is 4.74 Å². The fraction of sp³-hybridized carbons (Fsp3) is 0.381. The van der Waals surface area contributed by atoms with E-state index in [1.807, 2.05) is 48.2 Å². The van der Waals surface area contributed by atoms with Crippen molar-refractivity contribution in [2.24, 2.45) is 0 Å². The lowest BCUT2D eigenvalue weighted by molar-refractivity contribution is -0.165. The molecule has 6 nitrogen and oxygen atoms in total. The Kier molecular flexibility index (Phi) is 4.90. The van der Waals surface area contributed by atoms with Crippen molar-refractivity contribution in [2.45, 2.75) is 44.5 Å². The van der Waals surface area contributed by atoms with E-state index in [0.29, 0.717) is 6.54 Å². The highest BCUT2D eigenvalue weighted by Gasteiger charge is 2.47. The Bertz CT molecular complexity index is 836. The quantitative estimate of drug-likeness (QED) is 0.881. The first kappa shape index (κ1) is 17.7. The van der Waals surface area contributed by atoms with Crippen LogP contribution in [0, 0.1) is 6.92 Å². The predicted octanol–water partition coefficient (Wildman–Crippen LogP) is 2.14. The molecule has 1 saturated carbocycles. The maximum Gasteiger partial charge on any atom is 0.251 e. The maximum atomic E-state index is 13.0. The van der Waals surface area contributed by atoms with Crippen LogP contribution in [0.3, 0.4) is 0 Å². The van der Waals surface area contributed by atoms with Gasteiger partial charge in [0.25, 0.3) is 5.91 Å². The first-order valence-corrected chi connectivity index (χ1v) is 9.30. The lowest BCUT2D eigenvalue weighted by atomic mass is 9.98. The molecule has 140 valence electrons. The molecule has 2 fully saturated rings. The number of nitrogens with zero attached hydrogens (tertiary/aromatic N) is 2. The average Bonchev–Trinajstić information content (AvgIpc) is 3.52. The largest absolute Gasteiger partial charge is 0.356 e. The number of aryl methyl sites for hydroxylation is 1. The molecule has 2 aromatic rings. The molecule has 1 N–H and O–H groups in total. The van der Waals surface area contributed by atoms with Gasteiger partial charge >= 0.3 is 0 Å². The summed E-state index contributed by atoms with van der Waals surface area (Å²) in [6, 6.07) is 11.4. The fourth-order valence-corrected chi connectivity index (χ4v) is 3.61. The lowest BCUT2D eigenvalue weighted by Gasteiger charge is -2.40. The number of carbonyl (C=O) groups excluding carboxylic acids is 2. The van der Waals surface area contributed by atoms with Crippen LogP contribution in [0.2, 0.25) is 0 Å². The number of amides is 2. The van der Waals surface area contributed by atoms with Crippen LogP contribution in [0.4, 0.5) is 0 Å². The van der Waals surface area contributed by atoms with E-state index < -0.39 is 12.1 Å². The van der Waals surface area contributed by atoms with Gasteiger partial charge in [-0.2, -0.15) is 0 Å². The number of pyridine rings is 1. The molecular formula is C21H23N3O3. The molecule has 2 aliphatic rings. The number of rotatable bonds is 5. The van der Waals surface area contributed by atoms with Gasteiger partial charge in [-0.3, -0.25) is 14.6 Å². The molecule has 0 spiro atoms. The third kappa shape index (κ3) is 3.71. The molecular weight excluding hydrogens is 342 g/mol. The van der Waals surface area contributed by atoms with Crippen LogP contribution in [0.5, 0.6) is 0 Å². The van der Waals surface area contributed by atoms with Gasteiger partial charge in [-0.25, -0.2) is 0 Å². The van der Waals surface area contributed by atoms with Crippen molar-refractivity contribution in [3.8, 4) is 0 Å². The van der Waals surface area contributed by atoms with Crippen LogP contribution < -0.4 is 5.32 Å². The number of aromatic nitrogens is 1. The van der Waals surface area contributed by atoms with E-state index in [0.717, 1.165) is 29.5 Å². The van der Waals surface area contributed by atoms with Crippen molar-refractivity contribution < 1.29 is 14.3 Å². The van der Waals surface area contributed by atoms with Crippen molar-refractivity contribution >= 4 is 11.8 Å². The van der Waals surface area contributed by atoms with E-state index in [2.05, 4.69) is 10.3 Å². The summed E-state index contributed by atoms with van der Waals surface area (Å²) in [7, 11) is 0. The second kappa shape index (κ2) is 7.48. The van der Waals surface area contributed by atoms with Gasteiger partial charge < -0.3 is 15.0 Å². The number of ether oxygens (including phenoxy) is 1. The number of carbonyl (C=O) groups is 2. The summed E-state index contributed by atoms with van der Waals surface area (Å²) in [6.45, 7) is 2.39. The molecule has 2 heterocycles. The van der Waals surface area contributed by atoms with Gasteiger partial charge in [-0.15, -0.1) is 0 Å². The third-order valence-corrected chi connectivity index (χ3v) is 5.20. The summed E-state index contributed by atoms with van der Waals surface area (Å²) in [5.74, 6) is -0.264.